The molecule has 0 spiro atoms. The lowest BCUT2D eigenvalue weighted by molar-refractivity contribution is 0.102. The number of imidazole rings is 1. The number of nitrogens with zero attached hydrogens (tertiary/aromatic N) is 2. The molecule has 1 heterocycles. The summed E-state index contributed by atoms with van der Waals surface area (Å²) in [5.41, 5.74) is 1.48. The van der Waals surface area contributed by atoms with Crippen molar-refractivity contribution in [2.45, 2.75) is 0 Å². The predicted molar refractivity (Wildman–Crippen MR) is 87.9 cm³/mol. The van der Waals surface area contributed by atoms with E-state index in [-0.39, 0.29) is 15.6 Å². The van der Waals surface area contributed by atoms with Crippen molar-refractivity contribution in [3.05, 3.63) is 76.5 Å². The molecule has 7 heteroatoms. The molecular formula is C16H10Cl2FN3O. The van der Waals surface area contributed by atoms with Crippen LogP contribution in [0, 0.1) is 5.82 Å². The van der Waals surface area contributed by atoms with Crippen LogP contribution in [0.4, 0.5) is 10.1 Å². The van der Waals surface area contributed by atoms with Crippen LogP contribution in [0.3, 0.4) is 0 Å². The molecule has 116 valence electrons. The summed E-state index contributed by atoms with van der Waals surface area (Å²) < 4.78 is 15.3. The average molecular weight is 350 g/mol. The van der Waals surface area contributed by atoms with E-state index in [4.69, 9.17) is 23.2 Å². The lowest BCUT2D eigenvalue weighted by Crippen LogP contribution is -2.13. The fraction of sp³-hybridized carbons (Fsp3) is 0. The van der Waals surface area contributed by atoms with E-state index in [0.29, 0.717) is 5.69 Å². The molecule has 2 aromatic carbocycles. The van der Waals surface area contributed by atoms with Gasteiger partial charge in [-0.25, -0.2) is 9.37 Å². The van der Waals surface area contributed by atoms with Gasteiger partial charge in [-0.15, -0.1) is 0 Å². The van der Waals surface area contributed by atoms with Crippen molar-refractivity contribution in [1.82, 2.24) is 9.55 Å². The molecule has 4 nitrogen and oxygen atoms in total. The molecule has 0 saturated heterocycles. The molecule has 0 aliphatic carbocycles. The summed E-state index contributed by atoms with van der Waals surface area (Å²) in [4.78, 5) is 16.2. The van der Waals surface area contributed by atoms with E-state index >= 15 is 0 Å². The number of carbonyl (C=O) groups is 1. The van der Waals surface area contributed by atoms with Crippen molar-refractivity contribution in [2.24, 2.45) is 0 Å². The smallest absolute Gasteiger partial charge is 0.257 e. The molecule has 3 aromatic rings. The van der Waals surface area contributed by atoms with Crippen LogP contribution in [-0.4, -0.2) is 15.5 Å². The summed E-state index contributed by atoms with van der Waals surface area (Å²) in [6, 6.07) is 9.32. The summed E-state index contributed by atoms with van der Waals surface area (Å²) in [6.07, 6.45) is 5.15. The van der Waals surface area contributed by atoms with Crippen molar-refractivity contribution < 1.29 is 9.18 Å². The predicted octanol–water partition coefficient (Wildman–Crippen LogP) is 4.57. The van der Waals surface area contributed by atoms with Crippen LogP contribution in [0.25, 0.3) is 5.69 Å². The van der Waals surface area contributed by atoms with Crippen molar-refractivity contribution in [2.75, 3.05) is 5.32 Å². The van der Waals surface area contributed by atoms with Gasteiger partial charge < -0.3 is 9.88 Å². The number of amides is 1. The molecule has 1 amide bonds. The average Bonchev–Trinajstić information content (AvgIpc) is 3.06. The van der Waals surface area contributed by atoms with Gasteiger partial charge in [-0.1, -0.05) is 23.2 Å². The molecule has 1 aromatic heterocycles. The van der Waals surface area contributed by atoms with Crippen LogP contribution >= 0.6 is 23.2 Å². The third-order valence-electron chi connectivity index (χ3n) is 3.18. The van der Waals surface area contributed by atoms with Crippen molar-refractivity contribution in [3.63, 3.8) is 0 Å². The molecule has 0 fully saturated rings. The summed E-state index contributed by atoms with van der Waals surface area (Å²) in [5, 5.41) is 2.62. The first-order chi connectivity index (χ1) is 11.0. The number of rotatable bonds is 3. The third kappa shape index (κ3) is 3.36. The third-order valence-corrected chi connectivity index (χ3v) is 3.78. The van der Waals surface area contributed by atoms with E-state index in [1.54, 1.807) is 24.7 Å². The molecular weight excluding hydrogens is 340 g/mol. The molecule has 0 saturated carbocycles. The maximum Gasteiger partial charge on any atom is 0.257 e. The highest BCUT2D eigenvalue weighted by atomic mass is 35.5. The molecule has 0 radical (unpaired) electrons. The van der Waals surface area contributed by atoms with Gasteiger partial charge in [0.2, 0.25) is 0 Å². The lowest BCUT2D eigenvalue weighted by Gasteiger charge is -2.09. The van der Waals surface area contributed by atoms with Crippen molar-refractivity contribution in [1.29, 1.82) is 0 Å². The van der Waals surface area contributed by atoms with E-state index in [0.717, 1.165) is 11.8 Å². The quantitative estimate of drug-likeness (QED) is 0.704. The standard InChI is InChI=1S/C16H10Cl2FN3O/c17-13-8-14(18)15(19)7-12(13)16(23)21-10-1-3-11(4-2-10)22-6-5-20-9-22/h1-9H,(H,21,23). The molecule has 3 rings (SSSR count). The number of halogens is 3. The molecule has 0 atom stereocenters. The van der Waals surface area contributed by atoms with Gasteiger partial charge in [-0.05, 0) is 36.4 Å². The Labute approximate surface area is 141 Å². The van der Waals surface area contributed by atoms with Crippen molar-refractivity contribution >= 4 is 34.8 Å². The molecule has 0 aliphatic rings. The number of carbonyl (C=O) groups excluding carboxylic acids is 1. The van der Waals surface area contributed by atoms with Gasteiger partial charge in [-0.2, -0.15) is 0 Å². The number of hydrogen-bond donors (Lipinski definition) is 1. The lowest BCUT2D eigenvalue weighted by atomic mass is 10.2. The minimum absolute atomic E-state index is 0.0206. The fourth-order valence-electron chi connectivity index (χ4n) is 2.02. The Morgan fingerprint density at radius 3 is 2.52 bits per heavy atom. The summed E-state index contributed by atoms with van der Waals surface area (Å²) in [5.74, 6) is -1.21. The highest BCUT2D eigenvalue weighted by Crippen LogP contribution is 2.25. The second kappa shape index (κ2) is 6.40. The Bertz CT molecular complexity index is 849. The van der Waals surface area contributed by atoms with E-state index in [1.165, 1.54) is 6.07 Å². The first kappa shape index (κ1) is 15.5. The fourth-order valence-corrected chi connectivity index (χ4v) is 2.49. The first-order valence-electron chi connectivity index (χ1n) is 6.59. The minimum atomic E-state index is -0.698. The van der Waals surface area contributed by atoms with E-state index in [1.807, 2.05) is 22.9 Å². The molecule has 23 heavy (non-hydrogen) atoms. The van der Waals surface area contributed by atoms with Crippen molar-refractivity contribution in [3.8, 4) is 5.69 Å². The maximum atomic E-state index is 13.5. The first-order valence-corrected chi connectivity index (χ1v) is 7.34. The Morgan fingerprint density at radius 1 is 1.13 bits per heavy atom. The molecule has 0 aliphatic heterocycles. The number of aromatic nitrogens is 2. The van der Waals surface area contributed by atoms with E-state index in [9.17, 15) is 9.18 Å². The van der Waals surface area contributed by atoms with Crippen LogP contribution in [0.15, 0.2) is 55.1 Å². The zero-order valence-electron chi connectivity index (χ0n) is 11.6. The Balaban J connectivity index is 1.79. The second-order valence-corrected chi connectivity index (χ2v) is 5.53. The highest BCUT2D eigenvalue weighted by Gasteiger charge is 2.14. The SMILES string of the molecule is O=C(Nc1ccc(-n2ccnc2)cc1)c1cc(F)c(Cl)cc1Cl. The Kier molecular flexibility index (Phi) is 4.32. The second-order valence-electron chi connectivity index (χ2n) is 4.72. The Morgan fingerprint density at radius 2 is 1.87 bits per heavy atom. The molecule has 0 bridgehead atoms. The van der Waals surface area contributed by atoms with Gasteiger partial charge in [0, 0.05) is 23.8 Å². The van der Waals surface area contributed by atoms with Gasteiger partial charge in [0.25, 0.3) is 5.91 Å². The molecule has 0 unspecified atom stereocenters. The minimum Gasteiger partial charge on any atom is -0.322 e. The van der Waals surface area contributed by atoms with Gasteiger partial charge in [0.1, 0.15) is 5.82 Å². The number of hydrogen-bond acceptors (Lipinski definition) is 2. The zero-order valence-corrected chi connectivity index (χ0v) is 13.1. The van der Waals surface area contributed by atoms with Crippen LogP contribution in [0.1, 0.15) is 10.4 Å². The summed E-state index contributed by atoms with van der Waals surface area (Å²) >= 11 is 11.6. The summed E-state index contributed by atoms with van der Waals surface area (Å²) in [6.45, 7) is 0. The monoisotopic (exact) mass is 349 g/mol. The van der Waals surface area contributed by atoms with E-state index < -0.39 is 11.7 Å². The van der Waals surface area contributed by atoms with Gasteiger partial charge in [0.15, 0.2) is 0 Å². The van der Waals surface area contributed by atoms with Gasteiger partial charge in [-0.3, -0.25) is 4.79 Å². The topological polar surface area (TPSA) is 46.9 Å². The van der Waals surface area contributed by atoms with Crippen LogP contribution in [0.2, 0.25) is 10.0 Å². The Hall–Kier alpha value is -2.37. The molecule has 1 N–H and O–H groups in total. The van der Waals surface area contributed by atoms with Crippen LogP contribution < -0.4 is 5.32 Å². The van der Waals surface area contributed by atoms with Crippen LogP contribution in [-0.2, 0) is 0 Å². The van der Waals surface area contributed by atoms with E-state index in [2.05, 4.69) is 10.3 Å². The van der Waals surface area contributed by atoms with Gasteiger partial charge in [0.05, 0.1) is 21.9 Å². The summed E-state index contributed by atoms with van der Waals surface area (Å²) in [7, 11) is 0. The number of anilines is 1. The highest BCUT2D eigenvalue weighted by molar-refractivity contribution is 6.37. The maximum absolute atomic E-state index is 13.5. The van der Waals surface area contributed by atoms with Crippen LogP contribution in [0.5, 0.6) is 0 Å². The largest absolute Gasteiger partial charge is 0.322 e. The number of nitrogens with one attached hydrogen (secondary N) is 1. The number of benzene rings is 2. The zero-order chi connectivity index (χ0) is 16.4. The normalized spacial score (nSPS) is 10.6. The van der Waals surface area contributed by atoms with Gasteiger partial charge >= 0.3 is 0 Å².